The van der Waals surface area contributed by atoms with Gasteiger partial charge in [0.15, 0.2) is 11.5 Å². The lowest BCUT2D eigenvalue weighted by atomic mass is 9.92. The van der Waals surface area contributed by atoms with E-state index < -0.39 is 12.1 Å². The first-order chi connectivity index (χ1) is 20.0. The van der Waals surface area contributed by atoms with Crippen molar-refractivity contribution in [1.82, 2.24) is 9.88 Å². The van der Waals surface area contributed by atoms with Crippen molar-refractivity contribution in [3.63, 3.8) is 0 Å². The third kappa shape index (κ3) is 6.36. The van der Waals surface area contributed by atoms with Crippen LogP contribution in [0, 0.1) is 12.3 Å². The summed E-state index contributed by atoms with van der Waals surface area (Å²) in [4.78, 5) is 18.9. The van der Waals surface area contributed by atoms with E-state index in [0.717, 1.165) is 33.3 Å². The van der Waals surface area contributed by atoms with Gasteiger partial charge in [0.25, 0.3) is 0 Å². The number of methoxy groups -OCH3 is 1. The number of carbonyl (C=O) groups is 1. The van der Waals surface area contributed by atoms with Gasteiger partial charge in [0.05, 0.1) is 26.8 Å². The number of H-pyrrole nitrogens is 1. The molecule has 5 rings (SSSR count). The molecule has 0 aliphatic carbocycles. The fourth-order valence-corrected chi connectivity index (χ4v) is 5.20. The fraction of sp³-hybridized carbons (Fsp3) is 0.290. The highest BCUT2D eigenvalue weighted by atomic mass is 35.5. The molecule has 2 N–H and O–H groups in total. The number of benzene rings is 3. The van der Waals surface area contributed by atoms with Gasteiger partial charge in [-0.25, -0.2) is 4.79 Å². The number of nitrogens with one attached hydrogen (secondary N) is 2. The summed E-state index contributed by atoms with van der Waals surface area (Å²) in [6, 6.07) is 18.5. The zero-order valence-electron chi connectivity index (χ0n) is 23.0. The van der Waals surface area contributed by atoms with Crippen LogP contribution in [0.5, 0.6) is 17.2 Å². The third-order valence-corrected chi connectivity index (χ3v) is 7.22. The zero-order chi connectivity index (χ0) is 28.8. The molecule has 1 atom stereocenters. The van der Waals surface area contributed by atoms with E-state index in [-0.39, 0.29) is 6.54 Å². The van der Waals surface area contributed by atoms with Gasteiger partial charge in [0, 0.05) is 40.8 Å². The van der Waals surface area contributed by atoms with Crippen LogP contribution in [0.25, 0.3) is 10.9 Å². The second-order valence-corrected chi connectivity index (χ2v) is 10.2. The summed E-state index contributed by atoms with van der Waals surface area (Å²) < 4.78 is 17.5. The summed E-state index contributed by atoms with van der Waals surface area (Å²) in [7, 11) is 1.60. The highest BCUT2D eigenvalue weighted by Crippen LogP contribution is 2.41. The van der Waals surface area contributed by atoms with E-state index in [9.17, 15) is 4.79 Å². The number of hydrogen-bond acceptors (Lipinski definition) is 7. The number of hydrogen-bond donors (Lipinski definition) is 2. The number of carbonyl (C=O) groups excluding carboxylic acids is 1. The van der Waals surface area contributed by atoms with Crippen molar-refractivity contribution in [3.05, 3.63) is 88.1 Å². The average molecular weight is 574 g/mol. The SMILES string of the molecule is COc1cc(C2c3[nH]c4ccc(Cl)cc4c3CCN2C(=O)Oc2ccc(C)cc2)ccc1OCCCN=NCC=N. The van der Waals surface area contributed by atoms with E-state index in [0.29, 0.717) is 54.8 Å². The Kier molecular flexibility index (Phi) is 8.84. The molecule has 1 aliphatic heterocycles. The largest absolute Gasteiger partial charge is 0.493 e. The van der Waals surface area contributed by atoms with E-state index in [1.54, 1.807) is 24.1 Å². The topological polar surface area (TPSA) is 112 Å². The molecule has 3 aromatic carbocycles. The summed E-state index contributed by atoms with van der Waals surface area (Å²) in [5.74, 6) is 1.65. The molecule has 4 aromatic rings. The van der Waals surface area contributed by atoms with Crippen LogP contribution in [0.3, 0.4) is 0 Å². The molecule has 41 heavy (non-hydrogen) atoms. The lowest BCUT2D eigenvalue weighted by Crippen LogP contribution is -2.42. The van der Waals surface area contributed by atoms with E-state index in [1.807, 2.05) is 55.5 Å². The summed E-state index contributed by atoms with van der Waals surface area (Å²) in [5, 5.41) is 16.6. The molecular formula is C31H32ClN5O4. The fourth-order valence-electron chi connectivity index (χ4n) is 5.03. The van der Waals surface area contributed by atoms with Crippen LogP contribution in [-0.2, 0) is 6.42 Å². The van der Waals surface area contributed by atoms with Crippen LogP contribution in [0.4, 0.5) is 4.79 Å². The Morgan fingerprint density at radius 1 is 1.12 bits per heavy atom. The van der Waals surface area contributed by atoms with Crippen LogP contribution in [0.2, 0.25) is 5.02 Å². The minimum absolute atomic E-state index is 0.290. The molecule has 2 heterocycles. The van der Waals surface area contributed by atoms with Crippen molar-refractivity contribution in [2.24, 2.45) is 10.2 Å². The molecule has 0 saturated heterocycles. The van der Waals surface area contributed by atoms with Crippen LogP contribution >= 0.6 is 11.6 Å². The molecular weight excluding hydrogens is 542 g/mol. The van der Waals surface area contributed by atoms with Gasteiger partial charge in [-0.3, -0.25) is 4.90 Å². The van der Waals surface area contributed by atoms with Gasteiger partial charge in [-0.2, -0.15) is 10.2 Å². The molecule has 0 spiro atoms. The molecule has 212 valence electrons. The minimum Gasteiger partial charge on any atom is -0.493 e. The Bertz CT molecular complexity index is 1570. The third-order valence-electron chi connectivity index (χ3n) is 6.99. The molecule has 0 fully saturated rings. The van der Waals surface area contributed by atoms with Crippen LogP contribution < -0.4 is 14.2 Å². The van der Waals surface area contributed by atoms with Crippen molar-refractivity contribution in [2.75, 3.05) is 33.4 Å². The maximum atomic E-state index is 13.6. The van der Waals surface area contributed by atoms with E-state index in [2.05, 4.69) is 15.2 Å². The zero-order valence-corrected chi connectivity index (χ0v) is 23.8. The van der Waals surface area contributed by atoms with Gasteiger partial charge < -0.3 is 24.6 Å². The highest BCUT2D eigenvalue weighted by molar-refractivity contribution is 6.31. The number of fused-ring (bicyclic) bond motifs is 3. The first kappa shape index (κ1) is 28.2. The number of aryl methyl sites for hydroxylation is 1. The van der Waals surface area contributed by atoms with Crippen molar-refractivity contribution in [1.29, 1.82) is 5.41 Å². The highest BCUT2D eigenvalue weighted by Gasteiger charge is 2.36. The lowest BCUT2D eigenvalue weighted by molar-refractivity contribution is 0.135. The van der Waals surface area contributed by atoms with Gasteiger partial charge in [0.1, 0.15) is 11.8 Å². The van der Waals surface area contributed by atoms with Gasteiger partial charge in [-0.15, -0.1) is 0 Å². The Labute approximate surface area is 243 Å². The predicted octanol–water partition coefficient (Wildman–Crippen LogP) is 7.16. The van der Waals surface area contributed by atoms with E-state index in [4.69, 9.17) is 31.2 Å². The second kappa shape index (κ2) is 12.9. The molecule has 0 radical (unpaired) electrons. The Balaban J connectivity index is 1.45. The van der Waals surface area contributed by atoms with E-state index >= 15 is 0 Å². The molecule has 9 nitrogen and oxygen atoms in total. The maximum Gasteiger partial charge on any atom is 0.416 e. The summed E-state index contributed by atoms with van der Waals surface area (Å²) in [5.41, 5.74) is 4.95. The van der Waals surface area contributed by atoms with Crippen molar-refractivity contribution < 1.29 is 19.0 Å². The molecule has 1 unspecified atom stereocenters. The number of nitrogens with zero attached hydrogens (tertiary/aromatic N) is 3. The van der Waals surface area contributed by atoms with Gasteiger partial charge in [0.2, 0.25) is 0 Å². The number of amides is 1. The summed E-state index contributed by atoms with van der Waals surface area (Å²) in [6.45, 7) is 3.70. The summed E-state index contributed by atoms with van der Waals surface area (Å²) in [6.07, 6.45) is 2.10. The standard InChI is InChI=1S/C31H32ClN5O4/c1-20-4-8-23(9-5-20)41-31(38)37-16-12-24-25-19-22(32)7-10-26(25)36-29(24)30(37)21-6-11-27(28(18-21)39-2)40-17-3-14-34-35-15-13-33/h4-11,13,18-19,30,33,36H,3,12,14-17H2,1-2H3. The van der Waals surface area contributed by atoms with Crippen LogP contribution in [0.15, 0.2) is 70.9 Å². The van der Waals surface area contributed by atoms with Crippen LogP contribution in [0.1, 0.15) is 34.8 Å². The normalized spacial score (nSPS) is 14.7. The number of ether oxygens (including phenoxy) is 3. The molecule has 1 amide bonds. The molecule has 1 aliphatic rings. The first-order valence-electron chi connectivity index (χ1n) is 13.5. The van der Waals surface area contributed by atoms with Gasteiger partial charge in [-0.1, -0.05) is 35.4 Å². The minimum atomic E-state index is -0.444. The monoisotopic (exact) mass is 573 g/mol. The molecule has 0 bridgehead atoms. The number of halogens is 1. The average Bonchev–Trinajstić information content (AvgIpc) is 3.35. The Morgan fingerprint density at radius 3 is 2.73 bits per heavy atom. The number of rotatable bonds is 10. The van der Waals surface area contributed by atoms with Gasteiger partial charge >= 0.3 is 6.09 Å². The lowest BCUT2D eigenvalue weighted by Gasteiger charge is -2.35. The second-order valence-electron chi connectivity index (χ2n) is 9.74. The number of aromatic amines is 1. The smallest absolute Gasteiger partial charge is 0.416 e. The van der Waals surface area contributed by atoms with Crippen molar-refractivity contribution in [3.8, 4) is 17.2 Å². The Morgan fingerprint density at radius 2 is 1.95 bits per heavy atom. The quantitative estimate of drug-likeness (QED) is 0.119. The molecule has 0 saturated carbocycles. The maximum absolute atomic E-state index is 13.6. The summed E-state index contributed by atoms with van der Waals surface area (Å²) >= 11 is 6.34. The van der Waals surface area contributed by atoms with Crippen molar-refractivity contribution in [2.45, 2.75) is 25.8 Å². The van der Waals surface area contributed by atoms with Crippen LogP contribution in [-0.4, -0.2) is 55.5 Å². The molecule has 10 heteroatoms. The first-order valence-corrected chi connectivity index (χ1v) is 13.8. The molecule has 1 aromatic heterocycles. The predicted molar refractivity (Wildman–Crippen MR) is 159 cm³/mol. The Hall–Kier alpha value is -4.37. The number of azo groups is 1. The van der Waals surface area contributed by atoms with Gasteiger partial charge in [-0.05, 0) is 66.9 Å². The van der Waals surface area contributed by atoms with Crippen molar-refractivity contribution >= 4 is 34.8 Å². The van der Waals surface area contributed by atoms with E-state index in [1.165, 1.54) is 6.21 Å². The number of aromatic nitrogens is 1.